The van der Waals surface area contributed by atoms with E-state index in [4.69, 9.17) is 29.9 Å². The van der Waals surface area contributed by atoms with Crippen molar-refractivity contribution in [1.29, 1.82) is 0 Å². The second-order valence-electron chi connectivity index (χ2n) is 36.6. The first-order chi connectivity index (χ1) is 70.4. The Morgan fingerprint density at radius 1 is 0.113 bits per heavy atom. The van der Waals surface area contributed by atoms with Gasteiger partial charge in [0.05, 0.1) is 45.2 Å². The number of aromatic nitrogens is 6. The molecule has 6 heteroatoms. The van der Waals surface area contributed by atoms with E-state index in [0.29, 0.717) is 11.6 Å². The fourth-order valence-corrected chi connectivity index (χ4v) is 21.1. The Morgan fingerprint density at radius 2 is 0.380 bits per heavy atom. The molecule has 0 radical (unpaired) electrons. The standard InChI is InChI=1S/C71H45N3.C65H41N3/c1-3-16-46(17-4-1)53-22-13-24-56(42-53)67-45-66(72-71(73-67)57-25-14-23-54(43-57)47-18-5-2-6-19-47)51-36-32-49(33-37-51)60-30-15-31-63-68-59-27-10-7-20-48(59)40-41-64(68)69(74-70(60)63)52-38-34-50(35-39-52)65-44-55-21-8-9-26-58(55)61-28-11-12-29-62(61)65;1-3-15-42(16-4-1)49-21-13-22-51(39-49)61-41-60(66-65(67-61)48-18-5-2-6-19-48)46-33-29-44(30-34-46)54-27-14-28-57-62-53-24-10-7-17-43(53)37-38-58(62)63(68-64(54)57)47-35-31-45(32-36-47)59-40-50-20-8-9-23-52(50)55-25-11-12-26-56(55)59/h1-45H;1-41H. The average Bonchev–Trinajstić information content (AvgIpc) is 0.736. The van der Waals surface area contributed by atoms with E-state index >= 15 is 0 Å². The van der Waals surface area contributed by atoms with Crippen molar-refractivity contribution in [1.82, 2.24) is 29.9 Å². The fraction of sp³-hybridized carbons (Fsp3) is 0. The summed E-state index contributed by atoms with van der Waals surface area (Å²) in [6, 6.07) is 186. The summed E-state index contributed by atoms with van der Waals surface area (Å²) in [5, 5.41) is 21.8. The number of benzene rings is 23. The Labute approximate surface area is 821 Å². The van der Waals surface area contributed by atoms with Gasteiger partial charge < -0.3 is 0 Å². The molecule has 27 aromatic rings. The quantitative estimate of drug-likeness (QED) is 0.0952. The lowest BCUT2D eigenvalue weighted by atomic mass is 9.91. The summed E-state index contributed by atoms with van der Waals surface area (Å²) in [5.41, 5.74) is 31.5. The van der Waals surface area contributed by atoms with Gasteiger partial charge in [-0.15, -0.1) is 0 Å². The van der Waals surface area contributed by atoms with E-state index in [1.54, 1.807) is 0 Å². The van der Waals surface area contributed by atoms with E-state index < -0.39 is 0 Å². The number of nitrogens with zero attached hydrogens (tertiary/aromatic N) is 6. The van der Waals surface area contributed by atoms with Crippen molar-refractivity contribution in [2.45, 2.75) is 0 Å². The smallest absolute Gasteiger partial charge is 0.160 e. The highest BCUT2D eigenvalue weighted by molar-refractivity contribution is 6.26. The molecule has 0 N–H and O–H groups in total. The van der Waals surface area contributed by atoms with Crippen LogP contribution in [-0.2, 0) is 0 Å². The van der Waals surface area contributed by atoms with Gasteiger partial charge in [0.25, 0.3) is 0 Å². The molecule has 0 amide bonds. The molecule has 0 aliphatic heterocycles. The van der Waals surface area contributed by atoms with Gasteiger partial charge in [-0.25, -0.2) is 29.9 Å². The molecule has 0 bridgehead atoms. The lowest BCUT2D eigenvalue weighted by Gasteiger charge is -2.16. The molecule has 660 valence electrons. The molecule has 23 aromatic carbocycles. The molecule has 0 aliphatic rings. The number of hydrogen-bond acceptors (Lipinski definition) is 6. The Morgan fingerprint density at radius 3 is 0.775 bits per heavy atom. The van der Waals surface area contributed by atoms with E-state index in [9.17, 15) is 0 Å². The predicted molar refractivity (Wildman–Crippen MR) is 596 cm³/mol. The number of rotatable bonds is 15. The topological polar surface area (TPSA) is 77.3 Å². The van der Waals surface area contributed by atoms with Crippen LogP contribution in [0.1, 0.15) is 0 Å². The van der Waals surface area contributed by atoms with Crippen LogP contribution in [0.25, 0.3) is 276 Å². The lowest BCUT2D eigenvalue weighted by molar-refractivity contribution is 1.18. The first-order valence-corrected chi connectivity index (χ1v) is 48.4. The van der Waals surface area contributed by atoms with Crippen molar-refractivity contribution in [3.8, 4) is 168 Å². The van der Waals surface area contributed by atoms with Gasteiger partial charge >= 0.3 is 0 Å². The second kappa shape index (κ2) is 36.0. The summed E-state index contributed by atoms with van der Waals surface area (Å²) >= 11 is 0. The Hall–Kier alpha value is -18.9. The summed E-state index contributed by atoms with van der Waals surface area (Å²) < 4.78 is 0. The third kappa shape index (κ3) is 15.6. The SMILES string of the molecule is c1ccc(-c2cccc(-c3cc(-c4ccc(-c5cccc6c5nc(-c5ccc(-c7cc8ccccc8c8ccccc78)cc5)c5ccc7ccccc7c56)cc4)nc(-c4cccc(-c5ccccc5)c4)n3)c2)cc1.c1ccc(-c2cccc(-c3cc(-c4ccc(-c5cccc6c5nc(-c5ccc(-c7cc8ccccc8c8ccccc78)cc5)c5ccc7ccccc7c56)cc4)nc(-c4ccccc4)n3)c2)cc1. The first kappa shape index (κ1) is 83.7. The molecule has 0 atom stereocenters. The minimum absolute atomic E-state index is 0.674. The number of hydrogen-bond donors (Lipinski definition) is 0. The zero-order chi connectivity index (χ0) is 93.9. The molecule has 27 rings (SSSR count). The molecular formula is C136H86N6. The maximum absolute atomic E-state index is 5.66. The minimum Gasteiger partial charge on any atom is -0.246 e. The summed E-state index contributed by atoms with van der Waals surface area (Å²) in [6.07, 6.45) is 0. The average molecular weight is 1800 g/mol. The fourth-order valence-electron chi connectivity index (χ4n) is 21.1. The highest BCUT2D eigenvalue weighted by Gasteiger charge is 2.24. The molecule has 0 fully saturated rings. The van der Waals surface area contributed by atoms with Crippen LogP contribution in [0.2, 0.25) is 0 Å². The summed E-state index contributed by atoms with van der Waals surface area (Å²) in [4.78, 5) is 32.2. The van der Waals surface area contributed by atoms with Gasteiger partial charge in [-0.3, -0.25) is 0 Å². The molecule has 4 heterocycles. The van der Waals surface area contributed by atoms with Gasteiger partial charge in [-0.05, 0) is 174 Å². The Balaban J connectivity index is 0.000000146. The third-order valence-corrected chi connectivity index (χ3v) is 28.1. The molecular weight excluding hydrogens is 1720 g/mol. The largest absolute Gasteiger partial charge is 0.246 e. The molecule has 0 saturated heterocycles. The van der Waals surface area contributed by atoms with Crippen molar-refractivity contribution < 1.29 is 0 Å². The van der Waals surface area contributed by atoms with Crippen LogP contribution in [0.3, 0.4) is 0 Å². The Bertz CT molecular complexity index is 9510. The van der Waals surface area contributed by atoms with Gasteiger partial charge in [0.2, 0.25) is 0 Å². The van der Waals surface area contributed by atoms with E-state index in [-0.39, 0.29) is 0 Å². The highest BCUT2D eigenvalue weighted by atomic mass is 14.9. The van der Waals surface area contributed by atoms with Gasteiger partial charge in [0.15, 0.2) is 11.6 Å². The summed E-state index contributed by atoms with van der Waals surface area (Å²) in [7, 11) is 0. The van der Waals surface area contributed by atoms with Crippen LogP contribution in [0, 0.1) is 0 Å². The number of para-hydroxylation sites is 2. The first-order valence-electron chi connectivity index (χ1n) is 48.4. The van der Waals surface area contributed by atoms with Crippen LogP contribution < -0.4 is 0 Å². The zero-order valence-electron chi connectivity index (χ0n) is 77.3. The van der Waals surface area contributed by atoms with E-state index in [1.807, 2.05) is 30.3 Å². The monoisotopic (exact) mass is 1800 g/mol. The van der Waals surface area contributed by atoms with Gasteiger partial charge in [0.1, 0.15) is 0 Å². The van der Waals surface area contributed by atoms with Gasteiger partial charge in [0, 0.05) is 88.0 Å². The van der Waals surface area contributed by atoms with Crippen molar-refractivity contribution in [2.24, 2.45) is 0 Å². The molecule has 0 aliphatic carbocycles. The lowest BCUT2D eigenvalue weighted by Crippen LogP contribution is -1.96. The van der Waals surface area contributed by atoms with Crippen LogP contribution in [-0.4, -0.2) is 29.9 Å². The molecule has 0 saturated carbocycles. The molecule has 6 nitrogen and oxygen atoms in total. The number of fused-ring (bicyclic) bond motifs is 16. The van der Waals surface area contributed by atoms with Crippen molar-refractivity contribution >= 4 is 108 Å². The maximum atomic E-state index is 5.66. The van der Waals surface area contributed by atoms with Crippen LogP contribution in [0.5, 0.6) is 0 Å². The summed E-state index contributed by atoms with van der Waals surface area (Å²) in [5.74, 6) is 1.36. The Kier molecular flexibility index (Phi) is 21.2. The highest BCUT2D eigenvalue weighted by Crippen LogP contribution is 2.47. The normalized spacial score (nSPS) is 11.5. The van der Waals surface area contributed by atoms with Gasteiger partial charge in [-0.2, -0.15) is 0 Å². The van der Waals surface area contributed by atoms with Crippen molar-refractivity contribution in [3.63, 3.8) is 0 Å². The van der Waals surface area contributed by atoms with E-state index in [0.717, 1.165) is 161 Å². The number of pyridine rings is 2. The summed E-state index contributed by atoms with van der Waals surface area (Å²) in [6.45, 7) is 0. The minimum atomic E-state index is 0.674. The zero-order valence-corrected chi connectivity index (χ0v) is 77.3. The van der Waals surface area contributed by atoms with Crippen molar-refractivity contribution in [3.05, 3.63) is 522 Å². The molecule has 142 heavy (non-hydrogen) atoms. The predicted octanol–water partition coefficient (Wildman–Crippen LogP) is 36.3. The van der Waals surface area contributed by atoms with Crippen molar-refractivity contribution in [2.75, 3.05) is 0 Å². The maximum Gasteiger partial charge on any atom is 0.160 e. The van der Waals surface area contributed by atoms with E-state index in [2.05, 4.69) is 491 Å². The van der Waals surface area contributed by atoms with E-state index in [1.165, 1.54) is 103 Å². The second-order valence-corrected chi connectivity index (χ2v) is 36.6. The molecule has 0 unspecified atom stereocenters. The van der Waals surface area contributed by atoms with Crippen LogP contribution in [0.4, 0.5) is 0 Å². The van der Waals surface area contributed by atoms with Crippen LogP contribution in [0.15, 0.2) is 522 Å². The molecule has 4 aromatic heterocycles. The van der Waals surface area contributed by atoms with Crippen LogP contribution >= 0.6 is 0 Å². The molecule has 0 spiro atoms. The van der Waals surface area contributed by atoms with Gasteiger partial charge in [-0.1, -0.05) is 479 Å². The third-order valence-electron chi connectivity index (χ3n) is 28.1.